The van der Waals surface area contributed by atoms with Crippen molar-refractivity contribution in [3.63, 3.8) is 0 Å². The summed E-state index contributed by atoms with van der Waals surface area (Å²) in [6.07, 6.45) is 0.896. The van der Waals surface area contributed by atoms with Crippen molar-refractivity contribution in [2.24, 2.45) is 0 Å². The van der Waals surface area contributed by atoms with Gasteiger partial charge in [0.15, 0.2) is 0 Å². The smallest absolute Gasteiger partial charge is 0.254 e. The van der Waals surface area contributed by atoms with E-state index in [1.165, 1.54) is 4.88 Å². The number of ether oxygens (including phenoxy) is 1. The van der Waals surface area contributed by atoms with E-state index in [1.807, 2.05) is 41.5 Å². The van der Waals surface area contributed by atoms with Gasteiger partial charge in [-0.3, -0.25) is 4.79 Å². The molecule has 0 aliphatic carbocycles. The third kappa shape index (κ3) is 2.56. The van der Waals surface area contributed by atoms with Crippen LogP contribution in [0.3, 0.4) is 0 Å². The Kier molecular flexibility index (Phi) is 3.74. The number of amides is 1. The predicted octanol–water partition coefficient (Wildman–Crippen LogP) is 3.35. The molecule has 0 saturated heterocycles. The second kappa shape index (κ2) is 5.67. The Labute approximate surface area is 122 Å². The fourth-order valence-electron chi connectivity index (χ4n) is 2.42. The van der Waals surface area contributed by atoms with Crippen LogP contribution in [0.25, 0.3) is 0 Å². The highest BCUT2D eigenvalue weighted by Gasteiger charge is 2.18. The lowest BCUT2D eigenvalue weighted by Crippen LogP contribution is -2.30. The summed E-state index contributed by atoms with van der Waals surface area (Å²) in [5.41, 5.74) is 1.90. The Morgan fingerprint density at radius 2 is 2.30 bits per heavy atom. The molecule has 3 nitrogen and oxygen atoms in total. The number of carbonyl (C=O) groups is 1. The van der Waals surface area contributed by atoms with Gasteiger partial charge in [-0.2, -0.15) is 0 Å². The van der Waals surface area contributed by atoms with Crippen LogP contribution < -0.4 is 4.74 Å². The summed E-state index contributed by atoms with van der Waals surface area (Å²) in [5.74, 6) is 1.01. The molecule has 0 saturated carbocycles. The first-order valence-electron chi connectivity index (χ1n) is 6.85. The highest BCUT2D eigenvalue weighted by molar-refractivity contribution is 7.09. The van der Waals surface area contributed by atoms with Crippen molar-refractivity contribution in [3.05, 3.63) is 51.7 Å². The summed E-state index contributed by atoms with van der Waals surface area (Å²) in [4.78, 5) is 15.7. The molecule has 1 aliphatic heterocycles. The lowest BCUT2D eigenvalue weighted by atomic mass is 10.1. The number of carbonyl (C=O) groups excluding carboxylic acids is 1. The molecule has 0 spiro atoms. The monoisotopic (exact) mass is 287 g/mol. The van der Waals surface area contributed by atoms with Crippen LogP contribution in [-0.4, -0.2) is 24.0 Å². The molecule has 1 amide bonds. The zero-order valence-corrected chi connectivity index (χ0v) is 12.3. The van der Waals surface area contributed by atoms with Gasteiger partial charge in [-0.25, -0.2) is 0 Å². The Hall–Kier alpha value is -1.81. The van der Waals surface area contributed by atoms with Crippen molar-refractivity contribution in [3.8, 4) is 5.75 Å². The Morgan fingerprint density at radius 1 is 1.40 bits per heavy atom. The zero-order valence-electron chi connectivity index (χ0n) is 11.5. The minimum Gasteiger partial charge on any atom is -0.493 e. The zero-order chi connectivity index (χ0) is 13.9. The van der Waals surface area contributed by atoms with Crippen molar-refractivity contribution < 1.29 is 9.53 Å². The number of thiophene rings is 1. The maximum atomic E-state index is 12.6. The predicted molar refractivity (Wildman–Crippen MR) is 80.4 cm³/mol. The van der Waals surface area contributed by atoms with Crippen molar-refractivity contribution >= 4 is 17.2 Å². The number of hydrogen-bond acceptors (Lipinski definition) is 3. The molecule has 104 valence electrons. The number of hydrogen-bond donors (Lipinski definition) is 0. The van der Waals surface area contributed by atoms with Crippen LogP contribution in [0, 0.1) is 0 Å². The topological polar surface area (TPSA) is 29.5 Å². The highest BCUT2D eigenvalue weighted by Crippen LogP contribution is 2.26. The van der Waals surface area contributed by atoms with E-state index < -0.39 is 0 Å². The van der Waals surface area contributed by atoms with Crippen LogP contribution in [0.5, 0.6) is 5.75 Å². The molecular formula is C16H17NO2S. The standard InChI is InChI=1S/C16H17NO2S/c1-2-17(11-14-4-3-9-20-14)16(18)13-5-6-15-12(10-13)7-8-19-15/h3-6,9-10H,2,7-8,11H2,1H3. The number of rotatable bonds is 4. The molecule has 1 aromatic carbocycles. The van der Waals surface area contributed by atoms with Crippen LogP contribution >= 0.6 is 11.3 Å². The van der Waals surface area contributed by atoms with E-state index >= 15 is 0 Å². The number of nitrogens with zero attached hydrogens (tertiary/aromatic N) is 1. The molecule has 0 unspecified atom stereocenters. The molecule has 20 heavy (non-hydrogen) atoms. The minimum atomic E-state index is 0.0931. The fourth-order valence-corrected chi connectivity index (χ4v) is 3.14. The van der Waals surface area contributed by atoms with Gasteiger partial charge in [0, 0.05) is 23.4 Å². The fraction of sp³-hybridized carbons (Fsp3) is 0.312. The van der Waals surface area contributed by atoms with Gasteiger partial charge in [0.1, 0.15) is 5.75 Å². The first kappa shape index (κ1) is 13.2. The van der Waals surface area contributed by atoms with E-state index in [9.17, 15) is 4.79 Å². The summed E-state index contributed by atoms with van der Waals surface area (Å²) in [6.45, 7) is 4.13. The van der Waals surface area contributed by atoms with Gasteiger partial charge in [0.2, 0.25) is 0 Å². The van der Waals surface area contributed by atoms with E-state index in [4.69, 9.17) is 4.74 Å². The Balaban J connectivity index is 1.79. The lowest BCUT2D eigenvalue weighted by Gasteiger charge is -2.20. The van der Waals surface area contributed by atoms with Gasteiger partial charge < -0.3 is 9.64 Å². The van der Waals surface area contributed by atoms with Crippen molar-refractivity contribution in [1.29, 1.82) is 0 Å². The van der Waals surface area contributed by atoms with E-state index in [1.54, 1.807) is 11.3 Å². The molecule has 2 aromatic rings. The van der Waals surface area contributed by atoms with Crippen molar-refractivity contribution in [2.45, 2.75) is 19.9 Å². The van der Waals surface area contributed by atoms with Crippen LogP contribution in [0.15, 0.2) is 35.7 Å². The van der Waals surface area contributed by atoms with Crippen LogP contribution in [0.2, 0.25) is 0 Å². The maximum Gasteiger partial charge on any atom is 0.254 e. The van der Waals surface area contributed by atoms with E-state index in [0.29, 0.717) is 13.1 Å². The molecule has 3 rings (SSSR count). The SMILES string of the molecule is CCN(Cc1cccs1)C(=O)c1ccc2c(c1)CCO2. The number of benzene rings is 1. The molecule has 4 heteroatoms. The summed E-state index contributed by atoms with van der Waals surface area (Å²) in [7, 11) is 0. The van der Waals surface area contributed by atoms with Gasteiger partial charge in [-0.1, -0.05) is 6.07 Å². The molecular weight excluding hydrogens is 270 g/mol. The van der Waals surface area contributed by atoms with Gasteiger partial charge in [-0.15, -0.1) is 11.3 Å². The summed E-state index contributed by atoms with van der Waals surface area (Å²) in [6, 6.07) is 9.84. The molecule has 0 bridgehead atoms. The summed E-state index contributed by atoms with van der Waals surface area (Å²) >= 11 is 1.69. The molecule has 0 fully saturated rings. The normalized spacial score (nSPS) is 12.8. The van der Waals surface area contributed by atoms with Gasteiger partial charge in [0.25, 0.3) is 5.91 Å². The summed E-state index contributed by atoms with van der Waals surface area (Å²) in [5, 5.41) is 2.04. The molecule has 0 atom stereocenters. The van der Waals surface area contributed by atoms with E-state index in [2.05, 4.69) is 6.07 Å². The van der Waals surface area contributed by atoms with E-state index in [-0.39, 0.29) is 5.91 Å². The van der Waals surface area contributed by atoms with Gasteiger partial charge >= 0.3 is 0 Å². The molecule has 0 N–H and O–H groups in total. The second-order valence-corrected chi connectivity index (χ2v) is 5.85. The molecule has 2 heterocycles. The first-order chi connectivity index (χ1) is 9.78. The van der Waals surface area contributed by atoms with E-state index in [0.717, 1.165) is 29.9 Å². The summed E-state index contributed by atoms with van der Waals surface area (Å²) < 4.78 is 5.48. The second-order valence-electron chi connectivity index (χ2n) is 4.82. The van der Waals surface area contributed by atoms with Crippen molar-refractivity contribution in [1.82, 2.24) is 4.90 Å². The van der Waals surface area contributed by atoms with Gasteiger partial charge in [-0.05, 0) is 42.1 Å². The lowest BCUT2D eigenvalue weighted by molar-refractivity contribution is 0.0754. The molecule has 0 radical (unpaired) electrons. The van der Waals surface area contributed by atoms with Gasteiger partial charge in [0.05, 0.1) is 13.2 Å². The molecule has 1 aliphatic rings. The average Bonchev–Trinajstić information content (AvgIpc) is 3.14. The minimum absolute atomic E-state index is 0.0931. The van der Waals surface area contributed by atoms with Crippen LogP contribution in [0.1, 0.15) is 27.7 Å². The third-order valence-corrected chi connectivity index (χ3v) is 4.39. The first-order valence-corrected chi connectivity index (χ1v) is 7.73. The Bertz CT molecular complexity index is 607. The van der Waals surface area contributed by atoms with Crippen LogP contribution in [0.4, 0.5) is 0 Å². The van der Waals surface area contributed by atoms with Crippen molar-refractivity contribution in [2.75, 3.05) is 13.2 Å². The largest absolute Gasteiger partial charge is 0.493 e. The Morgan fingerprint density at radius 3 is 3.05 bits per heavy atom. The highest BCUT2D eigenvalue weighted by atomic mass is 32.1. The third-order valence-electron chi connectivity index (χ3n) is 3.53. The quantitative estimate of drug-likeness (QED) is 0.863. The maximum absolute atomic E-state index is 12.6. The van der Waals surface area contributed by atoms with Crippen LogP contribution in [-0.2, 0) is 13.0 Å². The average molecular weight is 287 g/mol. The molecule has 1 aromatic heterocycles. The number of fused-ring (bicyclic) bond motifs is 1.